The molecule has 0 heterocycles. The molecule has 1 N–H and O–H groups in total. The summed E-state index contributed by atoms with van der Waals surface area (Å²) >= 11 is 16.0. The quantitative estimate of drug-likeness (QED) is 0.235. The van der Waals surface area contributed by atoms with E-state index >= 15 is 0 Å². The minimum atomic E-state index is -0.441. The van der Waals surface area contributed by atoms with E-state index in [0.717, 1.165) is 21.3 Å². The highest BCUT2D eigenvalue weighted by molar-refractivity contribution is 9.10. The van der Waals surface area contributed by atoms with Crippen LogP contribution in [0.1, 0.15) is 18.1 Å². The first-order chi connectivity index (χ1) is 14.9. The Labute approximate surface area is 198 Å². The Kier molecular flexibility index (Phi) is 8.01. The van der Waals surface area contributed by atoms with E-state index in [4.69, 9.17) is 32.7 Å². The number of non-ortho nitro benzene ring substituents is 1. The van der Waals surface area contributed by atoms with E-state index in [0.29, 0.717) is 34.7 Å². The molecule has 9 heteroatoms. The first-order valence-corrected chi connectivity index (χ1v) is 10.9. The number of benzene rings is 3. The van der Waals surface area contributed by atoms with Crippen LogP contribution in [0.15, 0.2) is 59.1 Å². The van der Waals surface area contributed by atoms with Crippen LogP contribution in [-0.2, 0) is 13.2 Å². The first-order valence-electron chi connectivity index (χ1n) is 9.37. The lowest BCUT2D eigenvalue weighted by Crippen LogP contribution is -2.04. The maximum absolute atomic E-state index is 10.8. The van der Waals surface area contributed by atoms with Gasteiger partial charge in [0.1, 0.15) is 6.61 Å². The summed E-state index contributed by atoms with van der Waals surface area (Å²) in [5.74, 6) is 0.958. The number of nitro benzene ring substituents is 1. The zero-order chi connectivity index (χ0) is 22.4. The fourth-order valence-electron chi connectivity index (χ4n) is 2.81. The molecule has 162 valence electrons. The molecule has 0 aliphatic rings. The van der Waals surface area contributed by atoms with Crippen molar-refractivity contribution in [3.63, 3.8) is 0 Å². The Bertz CT molecular complexity index is 1080. The average molecular weight is 526 g/mol. The van der Waals surface area contributed by atoms with Gasteiger partial charge in [0.15, 0.2) is 11.5 Å². The molecule has 0 amide bonds. The maximum Gasteiger partial charge on any atom is 0.269 e. The average Bonchev–Trinajstić information content (AvgIpc) is 2.74. The second kappa shape index (κ2) is 10.7. The second-order valence-electron chi connectivity index (χ2n) is 6.53. The molecule has 6 nitrogen and oxygen atoms in total. The van der Waals surface area contributed by atoms with Crippen LogP contribution < -0.4 is 14.8 Å². The van der Waals surface area contributed by atoms with Crippen molar-refractivity contribution in [3.8, 4) is 11.5 Å². The van der Waals surface area contributed by atoms with Gasteiger partial charge < -0.3 is 14.8 Å². The normalized spacial score (nSPS) is 10.6. The topological polar surface area (TPSA) is 73.6 Å². The molecule has 0 aliphatic heterocycles. The fourth-order valence-corrected chi connectivity index (χ4v) is 3.52. The minimum absolute atomic E-state index is 0.0284. The van der Waals surface area contributed by atoms with Crippen molar-refractivity contribution in [1.82, 2.24) is 0 Å². The predicted molar refractivity (Wildman–Crippen MR) is 127 cm³/mol. The van der Waals surface area contributed by atoms with Gasteiger partial charge in [-0.15, -0.1) is 0 Å². The summed E-state index contributed by atoms with van der Waals surface area (Å²) < 4.78 is 12.4. The Morgan fingerprint density at radius 2 is 1.74 bits per heavy atom. The summed E-state index contributed by atoms with van der Waals surface area (Å²) in [6, 6.07) is 15.5. The van der Waals surface area contributed by atoms with Crippen molar-refractivity contribution in [2.75, 3.05) is 11.9 Å². The third kappa shape index (κ3) is 6.26. The van der Waals surface area contributed by atoms with Gasteiger partial charge >= 0.3 is 0 Å². The van der Waals surface area contributed by atoms with Gasteiger partial charge in [-0.05, 0) is 76.4 Å². The van der Waals surface area contributed by atoms with Gasteiger partial charge in [-0.3, -0.25) is 10.1 Å². The van der Waals surface area contributed by atoms with Crippen molar-refractivity contribution in [2.24, 2.45) is 0 Å². The van der Waals surface area contributed by atoms with Gasteiger partial charge in [0, 0.05) is 28.8 Å². The zero-order valence-corrected chi connectivity index (χ0v) is 19.6. The molecule has 0 radical (unpaired) electrons. The van der Waals surface area contributed by atoms with Gasteiger partial charge in [0.05, 0.1) is 21.6 Å². The summed E-state index contributed by atoms with van der Waals surface area (Å²) in [5.41, 5.74) is 2.60. The van der Waals surface area contributed by atoms with E-state index < -0.39 is 4.92 Å². The number of hydrogen-bond donors (Lipinski definition) is 1. The molecule has 0 saturated carbocycles. The van der Waals surface area contributed by atoms with E-state index in [1.165, 1.54) is 12.1 Å². The molecule has 3 aromatic rings. The van der Waals surface area contributed by atoms with E-state index in [1.54, 1.807) is 12.1 Å². The van der Waals surface area contributed by atoms with Gasteiger partial charge in [-0.1, -0.05) is 23.2 Å². The summed E-state index contributed by atoms with van der Waals surface area (Å²) in [5, 5.41) is 15.1. The lowest BCUT2D eigenvalue weighted by molar-refractivity contribution is -0.384. The Morgan fingerprint density at radius 1 is 1.00 bits per heavy atom. The molecular weight excluding hydrogens is 507 g/mol. The van der Waals surface area contributed by atoms with Crippen LogP contribution in [0.5, 0.6) is 11.5 Å². The van der Waals surface area contributed by atoms with Crippen molar-refractivity contribution >= 4 is 50.5 Å². The summed E-state index contributed by atoms with van der Waals surface area (Å²) in [7, 11) is 0. The van der Waals surface area contributed by atoms with Gasteiger partial charge in [0.2, 0.25) is 0 Å². The molecular formula is C22H19BrCl2N2O4. The molecule has 0 unspecified atom stereocenters. The second-order valence-corrected chi connectivity index (χ2v) is 8.20. The molecule has 0 spiro atoms. The van der Waals surface area contributed by atoms with E-state index in [9.17, 15) is 10.1 Å². The van der Waals surface area contributed by atoms with E-state index in [-0.39, 0.29) is 12.3 Å². The fraction of sp³-hybridized carbons (Fsp3) is 0.182. The number of hydrogen-bond acceptors (Lipinski definition) is 5. The third-order valence-electron chi connectivity index (χ3n) is 4.32. The first kappa shape index (κ1) is 23.2. The Morgan fingerprint density at radius 3 is 2.39 bits per heavy atom. The summed E-state index contributed by atoms with van der Waals surface area (Å²) in [4.78, 5) is 10.3. The molecule has 0 aromatic heterocycles. The van der Waals surface area contributed by atoms with Crippen molar-refractivity contribution in [2.45, 2.75) is 20.1 Å². The number of nitrogens with zero attached hydrogens (tertiary/aromatic N) is 1. The van der Waals surface area contributed by atoms with Crippen LogP contribution >= 0.6 is 39.1 Å². The minimum Gasteiger partial charge on any atom is -0.490 e. The van der Waals surface area contributed by atoms with E-state index in [1.807, 2.05) is 37.3 Å². The van der Waals surface area contributed by atoms with Crippen LogP contribution in [0.4, 0.5) is 11.4 Å². The molecule has 0 bridgehead atoms. The van der Waals surface area contributed by atoms with E-state index in [2.05, 4.69) is 21.2 Å². The van der Waals surface area contributed by atoms with Crippen molar-refractivity contribution in [1.29, 1.82) is 0 Å². The van der Waals surface area contributed by atoms with Crippen molar-refractivity contribution < 1.29 is 14.4 Å². The predicted octanol–water partition coefficient (Wildman–Crippen LogP) is 7.25. The highest BCUT2D eigenvalue weighted by Gasteiger charge is 2.14. The smallest absolute Gasteiger partial charge is 0.269 e. The van der Waals surface area contributed by atoms with Crippen LogP contribution in [0.2, 0.25) is 10.0 Å². The number of anilines is 1. The van der Waals surface area contributed by atoms with Gasteiger partial charge in [-0.2, -0.15) is 0 Å². The number of halogens is 3. The number of nitro groups is 1. The monoisotopic (exact) mass is 524 g/mol. The highest BCUT2D eigenvalue weighted by Crippen LogP contribution is 2.37. The molecule has 31 heavy (non-hydrogen) atoms. The van der Waals surface area contributed by atoms with Crippen LogP contribution in [0, 0.1) is 10.1 Å². The maximum atomic E-state index is 10.8. The number of rotatable bonds is 9. The third-order valence-corrected chi connectivity index (χ3v) is 5.83. The summed E-state index contributed by atoms with van der Waals surface area (Å²) in [6.07, 6.45) is 0. The number of ether oxygens (including phenoxy) is 2. The standard InChI is InChI=1S/C22H19BrCl2N2O4/c1-2-30-21-10-15(12-26-16-5-8-18(23)19(24)11-16)9-20(25)22(21)31-13-14-3-6-17(7-4-14)27(28)29/h3-11,26H,2,12-13H2,1H3. The molecule has 0 saturated heterocycles. The Hall–Kier alpha value is -2.48. The van der Waals surface area contributed by atoms with Crippen LogP contribution in [0.25, 0.3) is 0 Å². The summed E-state index contributed by atoms with van der Waals surface area (Å²) in [6.45, 7) is 3.04. The lowest BCUT2D eigenvalue weighted by Gasteiger charge is -2.16. The van der Waals surface area contributed by atoms with Gasteiger partial charge in [0.25, 0.3) is 5.69 Å². The molecule has 0 aliphatic carbocycles. The zero-order valence-electron chi connectivity index (χ0n) is 16.5. The highest BCUT2D eigenvalue weighted by atomic mass is 79.9. The van der Waals surface area contributed by atoms with Crippen LogP contribution in [-0.4, -0.2) is 11.5 Å². The molecule has 3 aromatic carbocycles. The Balaban J connectivity index is 1.73. The largest absolute Gasteiger partial charge is 0.490 e. The molecule has 0 atom stereocenters. The van der Waals surface area contributed by atoms with Gasteiger partial charge in [-0.25, -0.2) is 0 Å². The molecule has 3 rings (SSSR count). The van der Waals surface area contributed by atoms with Crippen LogP contribution in [0.3, 0.4) is 0 Å². The lowest BCUT2D eigenvalue weighted by atomic mass is 10.2. The van der Waals surface area contributed by atoms with Crippen molar-refractivity contribution in [3.05, 3.63) is 90.4 Å². The molecule has 0 fully saturated rings. The number of nitrogens with one attached hydrogen (secondary N) is 1. The SMILES string of the molecule is CCOc1cc(CNc2ccc(Br)c(Cl)c2)cc(Cl)c1OCc1ccc([N+](=O)[O-])cc1.